The van der Waals surface area contributed by atoms with Gasteiger partial charge < -0.3 is 14.3 Å². The number of hydrogen-bond donors (Lipinski definition) is 1. The molecule has 0 spiro atoms. The van der Waals surface area contributed by atoms with Crippen LogP contribution in [-0.4, -0.2) is 32.3 Å². The van der Waals surface area contributed by atoms with Crippen molar-refractivity contribution < 1.29 is 9.21 Å². The molecule has 0 radical (unpaired) electrons. The van der Waals surface area contributed by atoms with Crippen LogP contribution in [0.4, 0.5) is 0 Å². The van der Waals surface area contributed by atoms with E-state index >= 15 is 0 Å². The minimum atomic E-state index is -0.400. The summed E-state index contributed by atoms with van der Waals surface area (Å²) in [6.07, 6.45) is 4.04. The summed E-state index contributed by atoms with van der Waals surface area (Å²) in [6.45, 7) is 0.571. The van der Waals surface area contributed by atoms with Crippen molar-refractivity contribution in [2.24, 2.45) is 0 Å². The largest absolute Gasteiger partial charge is 0.457 e. The molecule has 5 rings (SSSR count). The fraction of sp³-hybridized carbons (Fsp3) is 0.167. The number of carbonyl (C=O) groups excluding carboxylic acids is 1. The summed E-state index contributed by atoms with van der Waals surface area (Å²) >= 11 is 5.01. The van der Waals surface area contributed by atoms with Gasteiger partial charge in [0, 0.05) is 35.6 Å². The van der Waals surface area contributed by atoms with Crippen molar-refractivity contribution in [1.82, 2.24) is 19.9 Å². The Labute approximate surface area is 161 Å². The van der Waals surface area contributed by atoms with Gasteiger partial charge in [0.05, 0.1) is 16.5 Å². The predicted molar refractivity (Wildman–Crippen MR) is 101 cm³/mol. The van der Waals surface area contributed by atoms with Gasteiger partial charge in [-0.2, -0.15) is 0 Å². The Morgan fingerprint density at radius 2 is 2.23 bits per heavy atom. The number of carbonyl (C=O) groups is 1. The van der Waals surface area contributed by atoms with Gasteiger partial charge in [0.2, 0.25) is 0 Å². The number of halogens is 1. The normalized spacial score (nSPS) is 16.8. The molecular weight excluding hydrogens is 416 g/mol. The van der Waals surface area contributed by atoms with Crippen molar-refractivity contribution in [1.29, 1.82) is 0 Å². The monoisotopic (exact) mass is 428 g/mol. The van der Waals surface area contributed by atoms with Crippen LogP contribution in [0, 0.1) is 0 Å². The van der Waals surface area contributed by atoms with E-state index in [0.29, 0.717) is 17.3 Å². The molecule has 0 bridgehead atoms. The number of imidazole rings is 1. The van der Waals surface area contributed by atoms with Crippen molar-refractivity contribution in [2.45, 2.75) is 12.5 Å². The van der Waals surface area contributed by atoms with Crippen LogP contribution in [0.15, 0.2) is 51.1 Å². The first-order valence-electron chi connectivity index (χ1n) is 8.13. The highest BCUT2D eigenvalue weighted by atomic mass is 79.9. The van der Waals surface area contributed by atoms with Crippen LogP contribution in [0.1, 0.15) is 33.0 Å². The predicted octanol–water partition coefficient (Wildman–Crippen LogP) is 4.16. The molecule has 1 aliphatic heterocycles. The number of nitrogens with zero attached hydrogens (tertiary/aromatic N) is 3. The third-order valence-electron chi connectivity index (χ3n) is 4.61. The molecule has 1 aromatic carbocycles. The first-order chi connectivity index (χ1) is 12.7. The fourth-order valence-electron chi connectivity index (χ4n) is 3.42. The first-order valence-corrected chi connectivity index (χ1v) is 9.81. The highest BCUT2D eigenvalue weighted by Gasteiger charge is 2.38. The van der Waals surface area contributed by atoms with Gasteiger partial charge in [0.25, 0.3) is 5.91 Å². The molecule has 3 aromatic heterocycles. The lowest BCUT2D eigenvalue weighted by Crippen LogP contribution is -2.40. The third-order valence-corrected chi connectivity index (χ3v) is 6.19. The van der Waals surface area contributed by atoms with Crippen LogP contribution >= 0.6 is 27.3 Å². The number of benzene rings is 1. The smallest absolute Gasteiger partial charge is 0.283 e. The fourth-order valence-corrected chi connectivity index (χ4v) is 4.64. The number of aromatic nitrogens is 3. The quantitative estimate of drug-likeness (QED) is 0.519. The molecule has 8 heteroatoms. The van der Waals surface area contributed by atoms with Crippen LogP contribution in [-0.2, 0) is 6.42 Å². The van der Waals surface area contributed by atoms with Gasteiger partial charge in [-0.15, -0.1) is 11.3 Å². The molecule has 0 fully saturated rings. The van der Waals surface area contributed by atoms with Gasteiger partial charge in [-0.1, -0.05) is 12.1 Å². The molecule has 0 saturated carbocycles. The van der Waals surface area contributed by atoms with Crippen molar-refractivity contribution in [3.8, 4) is 0 Å². The zero-order valence-electron chi connectivity index (χ0n) is 13.5. The molecule has 0 aliphatic carbocycles. The summed E-state index contributed by atoms with van der Waals surface area (Å²) in [4.78, 5) is 26.7. The van der Waals surface area contributed by atoms with Gasteiger partial charge in [0.1, 0.15) is 17.4 Å². The Bertz CT molecular complexity index is 1100. The molecule has 0 saturated heterocycles. The molecular formula is C18H13BrN4O2S. The summed E-state index contributed by atoms with van der Waals surface area (Å²) in [5, 5.41) is 3.26. The highest BCUT2D eigenvalue weighted by molar-refractivity contribution is 9.10. The number of nitrogens with one attached hydrogen (secondary N) is 1. The number of hydrogen-bond acceptors (Lipinski definition) is 5. The summed E-state index contributed by atoms with van der Waals surface area (Å²) in [7, 11) is 0. The summed E-state index contributed by atoms with van der Waals surface area (Å²) in [5.41, 5.74) is 2.63. The van der Waals surface area contributed by atoms with Gasteiger partial charge in [-0.05, 0) is 28.1 Å². The minimum Gasteiger partial charge on any atom is -0.457 e. The molecule has 0 unspecified atom stereocenters. The number of para-hydroxylation sites is 1. The number of furan rings is 1. The number of fused-ring (bicyclic) bond motifs is 2. The standard InChI is InChI=1S/C18H13BrN4O2S/c19-13-10-3-1-2-4-12(10)25-16(13)15-14-11(21-9-22-14)5-7-23(15)18(24)17-20-6-8-26-17/h1-4,6,8-9,15H,5,7H2,(H,21,22)/t15-/m1/s1. The first kappa shape index (κ1) is 15.8. The van der Waals surface area contributed by atoms with E-state index in [1.807, 2.05) is 29.6 Å². The number of aromatic amines is 1. The lowest BCUT2D eigenvalue weighted by atomic mass is 10.00. The van der Waals surface area contributed by atoms with Crippen LogP contribution in [0.3, 0.4) is 0 Å². The molecule has 1 N–H and O–H groups in total. The number of H-pyrrole nitrogens is 1. The van der Waals surface area contributed by atoms with E-state index in [0.717, 1.165) is 33.3 Å². The van der Waals surface area contributed by atoms with E-state index in [1.54, 1.807) is 17.4 Å². The zero-order valence-corrected chi connectivity index (χ0v) is 15.9. The SMILES string of the molecule is O=C(c1nccs1)N1CCc2[nH]cnc2[C@@H]1c1oc2ccccc2c1Br. The van der Waals surface area contributed by atoms with Crippen molar-refractivity contribution >= 4 is 44.1 Å². The summed E-state index contributed by atoms with van der Waals surface area (Å²) in [6, 6.07) is 7.41. The molecule has 4 heterocycles. The molecule has 26 heavy (non-hydrogen) atoms. The number of rotatable bonds is 2. The Balaban J connectivity index is 1.69. The Kier molecular flexibility index (Phi) is 3.68. The second-order valence-electron chi connectivity index (χ2n) is 6.03. The topological polar surface area (TPSA) is 75.0 Å². The molecule has 1 atom stereocenters. The second kappa shape index (κ2) is 6.07. The molecule has 6 nitrogen and oxygen atoms in total. The average molecular weight is 429 g/mol. The van der Waals surface area contributed by atoms with Gasteiger partial charge in [-0.3, -0.25) is 4.79 Å². The van der Waals surface area contributed by atoms with Crippen molar-refractivity contribution in [3.63, 3.8) is 0 Å². The Hall–Kier alpha value is -2.45. The van der Waals surface area contributed by atoms with E-state index < -0.39 is 6.04 Å². The maximum Gasteiger partial charge on any atom is 0.283 e. The van der Waals surface area contributed by atoms with E-state index in [1.165, 1.54) is 11.3 Å². The van der Waals surface area contributed by atoms with E-state index in [4.69, 9.17) is 4.42 Å². The number of thiazole rings is 1. The van der Waals surface area contributed by atoms with Crippen LogP contribution < -0.4 is 0 Å². The maximum absolute atomic E-state index is 13.1. The molecule has 130 valence electrons. The van der Waals surface area contributed by atoms with E-state index in [2.05, 4.69) is 30.9 Å². The zero-order chi connectivity index (χ0) is 17.7. The lowest BCUT2D eigenvalue weighted by molar-refractivity contribution is 0.0671. The summed E-state index contributed by atoms with van der Waals surface area (Å²) in [5.74, 6) is 0.579. The van der Waals surface area contributed by atoms with E-state index in [9.17, 15) is 4.79 Å². The second-order valence-corrected chi connectivity index (χ2v) is 7.72. The third kappa shape index (κ3) is 2.33. The average Bonchev–Trinajstić information content (AvgIpc) is 3.41. The van der Waals surface area contributed by atoms with Crippen LogP contribution in [0.5, 0.6) is 0 Å². The molecule has 1 amide bonds. The van der Waals surface area contributed by atoms with Gasteiger partial charge >= 0.3 is 0 Å². The lowest BCUT2D eigenvalue weighted by Gasteiger charge is -2.33. The van der Waals surface area contributed by atoms with Crippen LogP contribution in [0.2, 0.25) is 0 Å². The van der Waals surface area contributed by atoms with Crippen molar-refractivity contribution in [3.05, 3.63) is 68.8 Å². The summed E-state index contributed by atoms with van der Waals surface area (Å²) < 4.78 is 7.00. The minimum absolute atomic E-state index is 0.106. The Morgan fingerprint density at radius 1 is 1.35 bits per heavy atom. The van der Waals surface area contributed by atoms with Gasteiger partial charge in [0.15, 0.2) is 5.01 Å². The van der Waals surface area contributed by atoms with Crippen molar-refractivity contribution in [2.75, 3.05) is 6.54 Å². The molecule has 4 aromatic rings. The molecule has 1 aliphatic rings. The highest BCUT2D eigenvalue weighted by Crippen LogP contribution is 2.42. The Morgan fingerprint density at radius 3 is 3.04 bits per heavy atom. The van der Waals surface area contributed by atoms with E-state index in [-0.39, 0.29) is 5.91 Å². The van der Waals surface area contributed by atoms with Gasteiger partial charge in [-0.25, -0.2) is 9.97 Å². The number of amides is 1. The van der Waals surface area contributed by atoms with Crippen LogP contribution in [0.25, 0.3) is 11.0 Å². The maximum atomic E-state index is 13.1.